The fourth-order valence-electron chi connectivity index (χ4n) is 2.69. The summed E-state index contributed by atoms with van der Waals surface area (Å²) in [7, 11) is 1.75. The maximum absolute atomic E-state index is 9.27. The van der Waals surface area contributed by atoms with Gasteiger partial charge in [-0.25, -0.2) is 0 Å². The molecule has 0 amide bonds. The summed E-state index contributed by atoms with van der Waals surface area (Å²) in [6.07, 6.45) is 4.60. The molecule has 0 spiro atoms. The van der Waals surface area contributed by atoms with E-state index in [4.69, 9.17) is 4.74 Å². The standard InChI is InChI=1S/C15H27NOS/c1-15(2,3)13-7-6-12(11-16)14(10-13)18-9-5-8-17-4/h12-14H,5-10H2,1-4H3. The number of thioether (sulfide) groups is 1. The summed E-state index contributed by atoms with van der Waals surface area (Å²) in [4.78, 5) is 0. The van der Waals surface area contributed by atoms with E-state index < -0.39 is 0 Å². The fraction of sp³-hybridized carbons (Fsp3) is 0.933. The minimum atomic E-state index is 0.260. The average molecular weight is 269 g/mol. The van der Waals surface area contributed by atoms with Crippen LogP contribution in [0.15, 0.2) is 0 Å². The minimum Gasteiger partial charge on any atom is -0.385 e. The molecule has 1 aliphatic rings. The van der Waals surface area contributed by atoms with Crippen molar-refractivity contribution >= 4 is 11.8 Å². The maximum Gasteiger partial charge on any atom is 0.0667 e. The average Bonchev–Trinajstić information content (AvgIpc) is 2.33. The van der Waals surface area contributed by atoms with Crippen molar-refractivity contribution in [2.45, 2.75) is 51.7 Å². The van der Waals surface area contributed by atoms with E-state index in [0.29, 0.717) is 10.7 Å². The molecule has 0 N–H and O–H groups in total. The van der Waals surface area contributed by atoms with E-state index in [1.807, 2.05) is 11.8 Å². The third kappa shape index (κ3) is 4.82. The first kappa shape index (κ1) is 15.9. The van der Waals surface area contributed by atoms with E-state index >= 15 is 0 Å². The smallest absolute Gasteiger partial charge is 0.0667 e. The second kappa shape index (κ2) is 7.40. The molecule has 1 saturated carbocycles. The van der Waals surface area contributed by atoms with Gasteiger partial charge in [0.2, 0.25) is 0 Å². The molecule has 0 aromatic carbocycles. The number of ether oxygens (including phenoxy) is 1. The van der Waals surface area contributed by atoms with Crippen LogP contribution in [0, 0.1) is 28.6 Å². The van der Waals surface area contributed by atoms with Crippen LogP contribution in [0.5, 0.6) is 0 Å². The SMILES string of the molecule is COCCCSC1CC(C(C)(C)C)CCC1C#N. The molecule has 0 bridgehead atoms. The number of hydrogen-bond acceptors (Lipinski definition) is 3. The monoisotopic (exact) mass is 269 g/mol. The molecule has 0 aliphatic heterocycles. The topological polar surface area (TPSA) is 33.0 Å². The van der Waals surface area contributed by atoms with Gasteiger partial charge in [0.1, 0.15) is 0 Å². The van der Waals surface area contributed by atoms with Gasteiger partial charge in [-0.2, -0.15) is 17.0 Å². The Labute approximate surface area is 116 Å². The Hall–Kier alpha value is -0.200. The van der Waals surface area contributed by atoms with Crippen molar-refractivity contribution in [1.29, 1.82) is 5.26 Å². The highest BCUT2D eigenvalue weighted by Crippen LogP contribution is 2.43. The van der Waals surface area contributed by atoms with E-state index in [0.717, 1.165) is 31.1 Å². The van der Waals surface area contributed by atoms with Gasteiger partial charge in [0.05, 0.1) is 12.0 Å². The van der Waals surface area contributed by atoms with Gasteiger partial charge in [0.25, 0.3) is 0 Å². The lowest BCUT2D eigenvalue weighted by Gasteiger charge is -2.39. The van der Waals surface area contributed by atoms with Crippen molar-refractivity contribution in [2.75, 3.05) is 19.5 Å². The van der Waals surface area contributed by atoms with Gasteiger partial charge in [0.15, 0.2) is 0 Å². The van der Waals surface area contributed by atoms with E-state index in [2.05, 4.69) is 26.8 Å². The summed E-state index contributed by atoms with van der Waals surface area (Å²) in [5, 5.41) is 9.80. The normalized spacial score (nSPS) is 28.9. The second-order valence-corrected chi connectivity index (χ2v) is 7.71. The first-order valence-electron chi connectivity index (χ1n) is 6.99. The molecule has 18 heavy (non-hydrogen) atoms. The van der Waals surface area contributed by atoms with Crippen LogP contribution >= 0.6 is 11.8 Å². The number of nitrogens with zero attached hydrogens (tertiary/aromatic N) is 1. The fourth-order valence-corrected chi connectivity index (χ4v) is 4.07. The zero-order valence-electron chi connectivity index (χ0n) is 12.2. The molecule has 0 aromatic rings. The molecule has 0 heterocycles. The number of hydrogen-bond donors (Lipinski definition) is 0. The van der Waals surface area contributed by atoms with Crippen LogP contribution in [-0.2, 0) is 4.74 Å². The summed E-state index contributed by atoms with van der Waals surface area (Å²) in [5.41, 5.74) is 0.381. The van der Waals surface area contributed by atoms with Crippen LogP contribution in [0.25, 0.3) is 0 Å². The molecule has 1 aliphatic carbocycles. The summed E-state index contributed by atoms with van der Waals surface area (Å²) < 4.78 is 5.08. The van der Waals surface area contributed by atoms with Gasteiger partial charge >= 0.3 is 0 Å². The van der Waals surface area contributed by atoms with Crippen LogP contribution in [0.4, 0.5) is 0 Å². The van der Waals surface area contributed by atoms with Crippen molar-refractivity contribution in [3.63, 3.8) is 0 Å². The van der Waals surface area contributed by atoms with E-state index in [1.165, 1.54) is 12.8 Å². The van der Waals surface area contributed by atoms with Crippen molar-refractivity contribution in [3.8, 4) is 6.07 Å². The van der Waals surface area contributed by atoms with E-state index in [-0.39, 0.29) is 5.92 Å². The molecule has 1 rings (SSSR count). The van der Waals surface area contributed by atoms with Gasteiger partial charge < -0.3 is 4.74 Å². The summed E-state index contributed by atoms with van der Waals surface area (Å²) >= 11 is 1.99. The minimum absolute atomic E-state index is 0.260. The summed E-state index contributed by atoms with van der Waals surface area (Å²) in [6, 6.07) is 2.51. The zero-order chi connectivity index (χ0) is 13.6. The Bertz CT molecular complexity index is 279. The van der Waals surface area contributed by atoms with E-state index in [1.54, 1.807) is 7.11 Å². The van der Waals surface area contributed by atoms with Crippen LogP contribution in [-0.4, -0.2) is 24.7 Å². The first-order valence-corrected chi connectivity index (χ1v) is 8.04. The Kier molecular flexibility index (Phi) is 6.52. The summed E-state index contributed by atoms with van der Waals surface area (Å²) in [5.74, 6) is 2.14. The lowest BCUT2D eigenvalue weighted by atomic mass is 9.70. The third-order valence-corrected chi connectivity index (χ3v) is 5.48. The highest BCUT2D eigenvalue weighted by atomic mass is 32.2. The second-order valence-electron chi connectivity index (χ2n) is 6.37. The number of rotatable bonds is 5. The molecule has 0 saturated heterocycles. The highest BCUT2D eigenvalue weighted by Gasteiger charge is 2.35. The Balaban J connectivity index is 2.47. The van der Waals surface area contributed by atoms with Gasteiger partial charge in [0, 0.05) is 19.0 Å². The Morgan fingerprint density at radius 1 is 1.33 bits per heavy atom. The predicted molar refractivity (Wildman–Crippen MR) is 78.6 cm³/mol. The molecule has 1 fully saturated rings. The highest BCUT2D eigenvalue weighted by molar-refractivity contribution is 7.99. The largest absolute Gasteiger partial charge is 0.385 e. The third-order valence-electron chi connectivity index (χ3n) is 4.01. The maximum atomic E-state index is 9.27. The molecule has 104 valence electrons. The number of methoxy groups -OCH3 is 1. The molecule has 2 nitrogen and oxygen atoms in total. The molecular formula is C15H27NOS. The quantitative estimate of drug-likeness (QED) is 0.704. The first-order chi connectivity index (χ1) is 8.49. The summed E-state index contributed by atoms with van der Waals surface area (Å²) in [6.45, 7) is 7.82. The molecule has 3 heteroatoms. The van der Waals surface area contributed by atoms with Crippen LogP contribution < -0.4 is 0 Å². The van der Waals surface area contributed by atoms with Crippen molar-refractivity contribution in [3.05, 3.63) is 0 Å². The van der Waals surface area contributed by atoms with Gasteiger partial charge in [-0.3, -0.25) is 0 Å². The predicted octanol–water partition coefficient (Wildman–Crippen LogP) is 4.11. The van der Waals surface area contributed by atoms with E-state index in [9.17, 15) is 5.26 Å². The number of nitriles is 1. The molecular weight excluding hydrogens is 242 g/mol. The Morgan fingerprint density at radius 2 is 2.06 bits per heavy atom. The van der Waals surface area contributed by atoms with Gasteiger partial charge in [-0.05, 0) is 42.8 Å². The van der Waals surface area contributed by atoms with Crippen LogP contribution in [0.3, 0.4) is 0 Å². The Morgan fingerprint density at radius 3 is 2.61 bits per heavy atom. The van der Waals surface area contributed by atoms with Gasteiger partial charge in [-0.1, -0.05) is 20.8 Å². The molecule has 3 atom stereocenters. The van der Waals surface area contributed by atoms with Crippen molar-refractivity contribution < 1.29 is 4.74 Å². The lowest BCUT2D eigenvalue weighted by Crippen LogP contribution is -2.33. The zero-order valence-corrected chi connectivity index (χ0v) is 13.1. The van der Waals surface area contributed by atoms with Crippen LogP contribution in [0.2, 0.25) is 0 Å². The van der Waals surface area contributed by atoms with Crippen LogP contribution in [0.1, 0.15) is 46.5 Å². The molecule has 0 aromatic heterocycles. The van der Waals surface area contributed by atoms with Crippen molar-refractivity contribution in [2.24, 2.45) is 17.3 Å². The van der Waals surface area contributed by atoms with Crippen molar-refractivity contribution in [1.82, 2.24) is 0 Å². The molecule has 0 radical (unpaired) electrons. The molecule has 3 unspecified atom stereocenters. The lowest BCUT2D eigenvalue weighted by molar-refractivity contribution is 0.168. The van der Waals surface area contributed by atoms with Gasteiger partial charge in [-0.15, -0.1) is 0 Å².